The number of carbonyl (C=O) groups excluding carboxylic acids is 1. The van der Waals surface area contributed by atoms with E-state index in [0.717, 1.165) is 57.1 Å². The molecule has 1 spiro atoms. The minimum atomic E-state index is -0.175. The molecule has 1 atom stereocenters. The molecule has 0 saturated carbocycles. The van der Waals surface area contributed by atoms with Crippen LogP contribution in [0.5, 0.6) is 0 Å². The summed E-state index contributed by atoms with van der Waals surface area (Å²) in [6.07, 6.45) is 1.95. The summed E-state index contributed by atoms with van der Waals surface area (Å²) >= 11 is 0. The Hall–Kier alpha value is -2.07. The largest absolute Gasteiger partial charge is 0.465 e. The van der Waals surface area contributed by atoms with E-state index in [1.807, 2.05) is 19.1 Å². The third-order valence-corrected chi connectivity index (χ3v) is 5.67. The van der Waals surface area contributed by atoms with E-state index in [9.17, 15) is 4.79 Å². The van der Waals surface area contributed by atoms with Crippen molar-refractivity contribution in [2.24, 2.45) is 5.41 Å². The van der Waals surface area contributed by atoms with Crippen LogP contribution in [0, 0.1) is 19.3 Å². The van der Waals surface area contributed by atoms with Crippen LogP contribution in [-0.4, -0.2) is 35.3 Å². The summed E-state index contributed by atoms with van der Waals surface area (Å²) in [4.78, 5) is 17.5. The summed E-state index contributed by atoms with van der Waals surface area (Å²) < 4.78 is 5.70. The normalized spacial score (nSPS) is 23.9. The van der Waals surface area contributed by atoms with Gasteiger partial charge in [0.2, 0.25) is 5.91 Å². The second-order valence-electron chi connectivity index (χ2n) is 7.72. The topological polar surface area (TPSA) is 36.7 Å². The fourth-order valence-electron chi connectivity index (χ4n) is 4.34. The SMILES string of the molecule is Cc1cccc(CN2CCC3(CCN(Cc4ccc(C)o4)C3)C2=O)c1. The lowest BCUT2D eigenvalue weighted by atomic mass is 9.85. The van der Waals surface area contributed by atoms with E-state index in [4.69, 9.17) is 4.42 Å². The number of aryl methyl sites for hydroxylation is 2. The van der Waals surface area contributed by atoms with E-state index in [1.54, 1.807) is 0 Å². The smallest absolute Gasteiger partial charge is 0.230 e. The number of hydrogen-bond donors (Lipinski definition) is 0. The molecule has 2 fully saturated rings. The first-order valence-corrected chi connectivity index (χ1v) is 9.17. The van der Waals surface area contributed by atoms with Gasteiger partial charge in [-0.05, 0) is 50.9 Å². The van der Waals surface area contributed by atoms with Crippen LogP contribution in [0.4, 0.5) is 0 Å². The van der Waals surface area contributed by atoms with Crippen molar-refractivity contribution in [1.29, 1.82) is 0 Å². The number of benzene rings is 1. The van der Waals surface area contributed by atoms with Crippen molar-refractivity contribution in [1.82, 2.24) is 9.80 Å². The van der Waals surface area contributed by atoms with Gasteiger partial charge in [-0.3, -0.25) is 9.69 Å². The van der Waals surface area contributed by atoms with Gasteiger partial charge < -0.3 is 9.32 Å². The molecule has 2 saturated heterocycles. The lowest BCUT2D eigenvalue weighted by molar-refractivity contribution is -0.136. The number of likely N-dealkylation sites (tertiary alicyclic amines) is 2. The Kier molecular flexibility index (Phi) is 4.16. The molecule has 3 heterocycles. The highest BCUT2D eigenvalue weighted by atomic mass is 16.3. The summed E-state index contributed by atoms with van der Waals surface area (Å²) in [6.45, 7) is 8.32. The average molecular weight is 338 g/mol. The van der Waals surface area contributed by atoms with E-state index < -0.39 is 0 Å². The molecule has 25 heavy (non-hydrogen) atoms. The minimum absolute atomic E-state index is 0.175. The molecule has 1 unspecified atom stereocenters. The van der Waals surface area contributed by atoms with Crippen molar-refractivity contribution in [2.45, 2.75) is 39.8 Å². The average Bonchev–Trinajstić information content (AvgIpc) is 3.25. The molecular weight excluding hydrogens is 312 g/mol. The molecule has 0 N–H and O–H groups in total. The monoisotopic (exact) mass is 338 g/mol. The van der Waals surface area contributed by atoms with Crippen LogP contribution >= 0.6 is 0 Å². The number of furan rings is 1. The standard InChI is InChI=1S/C21H26N2O2/c1-16-4-3-5-18(12-16)13-23-11-9-21(20(23)24)8-10-22(15-21)14-19-7-6-17(2)25-19/h3-7,12H,8-11,13-15H2,1-2H3. The molecule has 1 aromatic heterocycles. The maximum absolute atomic E-state index is 13.1. The maximum Gasteiger partial charge on any atom is 0.230 e. The number of carbonyl (C=O) groups is 1. The van der Waals surface area contributed by atoms with Crippen LogP contribution in [0.25, 0.3) is 0 Å². The molecular formula is C21H26N2O2. The number of nitrogens with zero attached hydrogens (tertiary/aromatic N) is 2. The van der Waals surface area contributed by atoms with Gasteiger partial charge in [-0.1, -0.05) is 29.8 Å². The van der Waals surface area contributed by atoms with Crippen molar-refractivity contribution < 1.29 is 9.21 Å². The first kappa shape index (κ1) is 16.4. The van der Waals surface area contributed by atoms with Crippen LogP contribution in [-0.2, 0) is 17.9 Å². The highest BCUT2D eigenvalue weighted by molar-refractivity contribution is 5.85. The van der Waals surface area contributed by atoms with Gasteiger partial charge >= 0.3 is 0 Å². The van der Waals surface area contributed by atoms with Gasteiger partial charge in [0, 0.05) is 19.6 Å². The molecule has 4 nitrogen and oxygen atoms in total. The quantitative estimate of drug-likeness (QED) is 0.856. The van der Waals surface area contributed by atoms with Gasteiger partial charge in [-0.2, -0.15) is 0 Å². The highest BCUT2D eigenvalue weighted by Crippen LogP contribution is 2.41. The van der Waals surface area contributed by atoms with Gasteiger partial charge in [0.25, 0.3) is 0 Å². The lowest BCUT2D eigenvalue weighted by Gasteiger charge is -2.23. The molecule has 4 rings (SSSR count). The lowest BCUT2D eigenvalue weighted by Crippen LogP contribution is -2.36. The van der Waals surface area contributed by atoms with Crippen molar-refractivity contribution in [3.63, 3.8) is 0 Å². The summed E-state index contributed by atoms with van der Waals surface area (Å²) in [5.41, 5.74) is 2.30. The number of hydrogen-bond acceptors (Lipinski definition) is 3. The van der Waals surface area contributed by atoms with E-state index >= 15 is 0 Å². The summed E-state index contributed by atoms with van der Waals surface area (Å²) in [5, 5.41) is 0. The predicted octanol–water partition coefficient (Wildman–Crippen LogP) is 3.52. The zero-order valence-corrected chi connectivity index (χ0v) is 15.1. The second kappa shape index (κ2) is 6.34. The van der Waals surface area contributed by atoms with Crippen molar-refractivity contribution in [3.8, 4) is 0 Å². The Morgan fingerprint density at radius 3 is 2.68 bits per heavy atom. The van der Waals surface area contributed by atoms with Crippen LogP contribution in [0.1, 0.15) is 35.5 Å². The van der Waals surface area contributed by atoms with Crippen LogP contribution in [0.15, 0.2) is 40.8 Å². The van der Waals surface area contributed by atoms with Crippen molar-refractivity contribution in [3.05, 3.63) is 59.0 Å². The number of rotatable bonds is 4. The fraction of sp³-hybridized carbons (Fsp3) is 0.476. The van der Waals surface area contributed by atoms with Gasteiger partial charge in [-0.25, -0.2) is 0 Å². The maximum atomic E-state index is 13.1. The molecule has 132 valence electrons. The molecule has 2 aliphatic heterocycles. The summed E-state index contributed by atoms with van der Waals surface area (Å²) in [7, 11) is 0. The molecule has 2 aliphatic rings. The third kappa shape index (κ3) is 3.23. The highest BCUT2D eigenvalue weighted by Gasteiger charge is 2.50. The Morgan fingerprint density at radius 1 is 1.08 bits per heavy atom. The Bertz CT molecular complexity index is 782. The molecule has 4 heteroatoms. The molecule has 0 aliphatic carbocycles. The van der Waals surface area contributed by atoms with E-state index in [1.165, 1.54) is 11.1 Å². The minimum Gasteiger partial charge on any atom is -0.465 e. The molecule has 1 aromatic carbocycles. The first-order valence-electron chi connectivity index (χ1n) is 9.17. The fourth-order valence-corrected chi connectivity index (χ4v) is 4.34. The van der Waals surface area contributed by atoms with Gasteiger partial charge in [0.05, 0.1) is 12.0 Å². The van der Waals surface area contributed by atoms with Gasteiger partial charge in [0.1, 0.15) is 11.5 Å². The Morgan fingerprint density at radius 2 is 1.92 bits per heavy atom. The summed E-state index contributed by atoms with van der Waals surface area (Å²) in [5.74, 6) is 2.29. The second-order valence-corrected chi connectivity index (χ2v) is 7.72. The molecule has 1 amide bonds. The third-order valence-electron chi connectivity index (χ3n) is 5.67. The van der Waals surface area contributed by atoms with Crippen LogP contribution < -0.4 is 0 Å². The first-order chi connectivity index (χ1) is 12.0. The Labute approximate surface area is 149 Å². The van der Waals surface area contributed by atoms with E-state index in [-0.39, 0.29) is 5.41 Å². The van der Waals surface area contributed by atoms with E-state index in [0.29, 0.717) is 5.91 Å². The zero-order valence-electron chi connectivity index (χ0n) is 15.1. The number of amides is 1. The van der Waals surface area contributed by atoms with Crippen molar-refractivity contribution >= 4 is 5.91 Å². The predicted molar refractivity (Wildman–Crippen MR) is 97.0 cm³/mol. The molecule has 0 bridgehead atoms. The summed E-state index contributed by atoms with van der Waals surface area (Å²) in [6, 6.07) is 12.5. The van der Waals surface area contributed by atoms with Crippen molar-refractivity contribution in [2.75, 3.05) is 19.6 Å². The van der Waals surface area contributed by atoms with E-state index in [2.05, 4.69) is 41.0 Å². The van der Waals surface area contributed by atoms with Gasteiger partial charge in [-0.15, -0.1) is 0 Å². The van der Waals surface area contributed by atoms with Gasteiger partial charge in [0.15, 0.2) is 0 Å². The zero-order chi connectivity index (χ0) is 17.4. The Balaban J connectivity index is 1.41. The molecule has 2 aromatic rings. The van der Waals surface area contributed by atoms with Crippen LogP contribution in [0.2, 0.25) is 0 Å². The molecule has 0 radical (unpaired) electrons. The van der Waals surface area contributed by atoms with Crippen LogP contribution in [0.3, 0.4) is 0 Å².